The Hall–Kier alpha value is -1.39. The first kappa shape index (κ1) is 11.7. The summed E-state index contributed by atoms with van der Waals surface area (Å²) >= 11 is 0. The van der Waals surface area contributed by atoms with Crippen LogP contribution in [0.4, 0.5) is 4.39 Å². The van der Waals surface area contributed by atoms with E-state index in [2.05, 4.69) is 16.8 Å². The van der Waals surface area contributed by atoms with Gasteiger partial charge in [0, 0.05) is 31.6 Å². The molecule has 1 aromatic heterocycles. The van der Waals surface area contributed by atoms with Crippen LogP contribution in [0, 0.1) is 5.82 Å². The van der Waals surface area contributed by atoms with Crippen LogP contribution in [0.15, 0.2) is 28.7 Å². The fourth-order valence-electron chi connectivity index (χ4n) is 2.39. The van der Waals surface area contributed by atoms with Gasteiger partial charge in [0.25, 0.3) is 0 Å². The number of para-hydroxylation sites is 1. The van der Waals surface area contributed by atoms with E-state index < -0.39 is 0 Å². The highest BCUT2D eigenvalue weighted by Crippen LogP contribution is 2.23. The Bertz CT molecular complexity index is 544. The summed E-state index contributed by atoms with van der Waals surface area (Å²) < 4.78 is 19.1. The van der Waals surface area contributed by atoms with Crippen molar-refractivity contribution in [1.29, 1.82) is 0 Å². The van der Waals surface area contributed by atoms with E-state index in [4.69, 9.17) is 4.42 Å². The Morgan fingerprint density at radius 2 is 2.00 bits per heavy atom. The van der Waals surface area contributed by atoms with Crippen molar-refractivity contribution in [3.8, 4) is 0 Å². The number of benzene rings is 1. The molecule has 1 aliphatic heterocycles. The molecule has 0 unspecified atom stereocenters. The third kappa shape index (κ3) is 2.26. The van der Waals surface area contributed by atoms with E-state index in [9.17, 15) is 4.39 Å². The van der Waals surface area contributed by atoms with Gasteiger partial charge in [-0.3, -0.25) is 4.90 Å². The molecule has 0 spiro atoms. The van der Waals surface area contributed by atoms with Crippen molar-refractivity contribution in [2.24, 2.45) is 0 Å². The van der Waals surface area contributed by atoms with E-state index in [1.54, 1.807) is 6.07 Å². The van der Waals surface area contributed by atoms with Gasteiger partial charge in [-0.15, -0.1) is 0 Å². The minimum Gasteiger partial charge on any atom is -0.457 e. The summed E-state index contributed by atoms with van der Waals surface area (Å²) in [6, 6.07) is 6.98. The standard InChI is InChI=1S/C14H17FN2O/c1-16-5-7-17(8-6-16)10-12-9-11-3-2-4-13(15)14(11)18-12/h2-4,9H,5-8,10H2,1H3. The maximum atomic E-state index is 13.5. The van der Waals surface area contributed by atoms with Crippen molar-refractivity contribution >= 4 is 11.0 Å². The lowest BCUT2D eigenvalue weighted by Crippen LogP contribution is -2.43. The van der Waals surface area contributed by atoms with Gasteiger partial charge in [0.2, 0.25) is 0 Å². The van der Waals surface area contributed by atoms with Crippen molar-refractivity contribution in [2.45, 2.75) is 6.54 Å². The zero-order valence-electron chi connectivity index (χ0n) is 10.5. The van der Waals surface area contributed by atoms with Gasteiger partial charge in [0.15, 0.2) is 11.4 Å². The van der Waals surface area contributed by atoms with Gasteiger partial charge < -0.3 is 9.32 Å². The first-order valence-electron chi connectivity index (χ1n) is 6.30. The maximum absolute atomic E-state index is 13.5. The van der Waals surface area contributed by atoms with Crippen molar-refractivity contribution in [2.75, 3.05) is 33.2 Å². The lowest BCUT2D eigenvalue weighted by molar-refractivity contribution is 0.141. The van der Waals surface area contributed by atoms with Crippen LogP contribution in [0.2, 0.25) is 0 Å². The summed E-state index contributed by atoms with van der Waals surface area (Å²) in [6.45, 7) is 5.00. The van der Waals surface area contributed by atoms with Crippen LogP contribution in [0.3, 0.4) is 0 Å². The summed E-state index contributed by atoms with van der Waals surface area (Å²) in [6.07, 6.45) is 0. The number of piperazine rings is 1. The van der Waals surface area contributed by atoms with E-state index in [1.165, 1.54) is 6.07 Å². The van der Waals surface area contributed by atoms with Gasteiger partial charge in [-0.1, -0.05) is 12.1 Å². The fourth-order valence-corrected chi connectivity index (χ4v) is 2.39. The van der Waals surface area contributed by atoms with E-state index >= 15 is 0 Å². The molecule has 2 aromatic rings. The van der Waals surface area contributed by atoms with Crippen LogP contribution in [-0.2, 0) is 6.54 Å². The number of nitrogens with zero attached hydrogens (tertiary/aromatic N) is 2. The first-order valence-corrected chi connectivity index (χ1v) is 6.30. The summed E-state index contributed by atoms with van der Waals surface area (Å²) in [4.78, 5) is 4.66. The van der Waals surface area contributed by atoms with Gasteiger partial charge in [0.05, 0.1) is 6.54 Å². The largest absolute Gasteiger partial charge is 0.457 e. The first-order chi connectivity index (χ1) is 8.72. The fraction of sp³-hybridized carbons (Fsp3) is 0.429. The summed E-state index contributed by atoms with van der Waals surface area (Å²) in [5.74, 6) is 0.566. The third-order valence-corrected chi connectivity index (χ3v) is 3.52. The van der Waals surface area contributed by atoms with Crippen LogP contribution in [0.5, 0.6) is 0 Å². The molecule has 0 amide bonds. The molecule has 0 bridgehead atoms. The molecule has 0 aliphatic carbocycles. The maximum Gasteiger partial charge on any atom is 0.169 e. The highest BCUT2D eigenvalue weighted by molar-refractivity contribution is 5.78. The van der Waals surface area contributed by atoms with E-state index in [-0.39, 0.29) is 5.82 Å². The highest BCUT2D eigenvalue weighted by atomic mass is 19.1. The minimum absolute atomic E-state index is 0.280. The molecule has 1 fully saturated rings. The number of halogens is 1. The molecule has 3 nitrogen and oxygen atoms in total. The molecule has 2 heterocycles. The van der Waals surface area contributed by atoms with Crippen molar-refractivity contribution in [1.82, 2.24) is 9.80 Å². The average molecular weight is 248 g/mol. The van der Waals surface area contributed by atoms with Gasteiger partial charge >= 0.3 is 0 Å². The Balaban J connectivity index is 1.77. The van der Waals surface area contributed by atoms with Crippen LogP contribution in [-0.4, -0.2) is 43.0 Å². The molecule has 1 saturated heterocycles. The second kappa shape index (κ2) is 4.71. The molecular formula is C14H17FN2O. The molecule has 1 aliphatic rings. The molecule has 1 aromatic carbocycles. The summed E-state index contributed by atoms with van der Waals surface area (Å²) in [5, 5.41) is 0.846. The van der Waals surface area contributed by atoms with E-state index in [0.29, 0.717) is 5.58 Å². The minimum atomic E-state index is -0.280. The van der Waals surface area contributed by atoms with Gasteiger partial charge in [-0.2, -0.15) is 0 Å². The lowest BCUT2D eigenvalue weighted by Gasteiger charge is -2.31. The lowest BCUT2D eigenvalue weighted by atomic mass is 10.2. The number of likely N-dealkylation sites (N-methyl/N-ethyl adjacent to an activating group) is 1. The Morgan fingerprint density at radius 3 is 2.72 bits per heavy atom. The molecule has 0 N–H and O–H groups in total. The molecule has 4 heteroatoms. The Labute approximate surface area is 106 Å². The number of furan rings is 1. The van der Waals surface area contributed by atoms with E-state index in [1.807, 2.05) is 12.1 Å². The van der Waals surface area contributed by atoms with Crippen molar-refractivity contribution in [3.63, 3.8) is 0 Å². The zero-order valence-corrected chi connectivity index (χ0v) is 10.5. The normalized spacial score (nSPS) is 18.6. The SMILES string of the molecule is CN1CCN(Cc2cc3cccc(F)c3o2)CC1. The molecule has 18 heavy (non-hydrogen) atoms. The smallest absolute Gasteiger partial charge is 0.169 e. The van der Waals surface area contributed by atoms with Crippen LogP contribution in [0.25, 0.3) is 11.0 Å². The molecule has 3 rings (SSSR count). The summed E-state index contributed by atoms with van der Waals surface area (Å²) in [7, 11) is 2.13. The molecule has 0 radical (unpaired) electrons. The van der Waals surface area contributed by atoms with Crippen molar-refractivity contribution < 1.29 is 8.81 Å². The van der Waals surface area contributed by atoms with E-state index in [0.717, 1.165) is 43.9 Å². The van der Waals surface area contributed by atoms with Gasteiger partial charge in [-0.05, 0) is 19.2 Å². The highest BCUT2D eigenvalue weighted by Gasteiger charge is 2.16. The second-order valence-electron chi connectivity index (χ2n) is 4.95. The predicted molar refractivity (Wildman–Crippen MR) is 68.9 cm³/mol. The Morgan fingerprint density at radius 1 is 1.22 bits per heavy atom. The second-order valence-corrected chi connectivity index (χ2v) is 4.95. The van der Waals surface area contributed by atoms with Crippen LogP contribution >= 0.6 is 0 Å². The van der Waals surface area contributed by atoms with Gasteiger partial charge in [-0.25, -0.2) is 4.39 Å². The predicted octanol–water partition coefficient (Wildman–Crippen LogP) is 2.32. The number of fused-ring (bicyclic) bond motifs is 1. The molecule has 0 atom stereocenters. The molecular weight excluding hydrogens is 231 g/mol. The third-order valence-electron chi connectivity index (χ3n) is 3.52. The number of hydrogen-bond donors (Lipinski definition) is 0. The summed E-state index contributed by atoms with van der Waals surface area (Å²) in [5.41, 5.74) is 0.377. The monoisotopic (exact) mass is 248 g/mol. The molecule has 96 valence electrons. The topological polar surface area (TPSA) is 19.6 Å². The average Bonchev–Trinajstić information content (AvgIpc) is 2.76. The number of hydrogen-bond acceptors (Lipinski definition) is 3. The molecule has 0 saturated carbocycles. The zero-order chi connectivity index (χ0) is 12.5. The Kier molecular flexibility index (Phi) is 3.06. The van der Waals surface area contributed by atoms with Crippen LogP contribution < -0.4 is 0 Å². The number of rotatable bonds is 2. The van der Waals surface area contributed by atoms with Gasteiger partial charge in [0.1, 0.15) is 5.76 Å². The van der Waals surface area contributed by atoms with Crippen molar-refractivity contribution in [3.05, 3.63) is 35.8 Å². The van der Waals surface area contributed by atoms with Crippen LogP contribution in [0.1, 0.15) is 5.76 Å². The quantitative estimate of drug-likeness (QED) is 0.813.